The highest BCUT2D eigenvalue weighted by Gasteiger charge is 2.17. The van der Waals surface area contributed by atoms with Crippen molar-refractivity contribution in [2.75, 3.05) is 14.2 Å². The second-order valence-electron chi connectivity index (χ2n) is 2.40. The zero-order valence-electron chi connectivity index (χ0n) is 7.60. The number of hydrogen-bond acceptors (Lipinski definition) is 3. The van der Waals surface area contributed by atoms with E-state index in [1.54, 1.807) is 0 Å². The molecule has 0 atom stereocenters. The van der Waals surface area contributed by atoms with Crippen molar-refractivity contribution in [1.29, 1.82) is 5.26 Å². The molecule has 0 N–H and O–H groups in total. The Morgan fingerprint density at radius 1 is 1.36 bits per heavy atom. The van der Waals surface area contributed by atoms with Crippen molar-refractivity contribution in [3.63, 3.8) is 0 Å². The number of rotatable bonds is 2. The van der Waals surface area contributed by atoms with Crippen molar-refractivity contribution >= 4 is 15.9 Å². The van der Waals surface area contributed by atoms with Crippen molar-refractivity contribution in [3.05, 3.63) is 21.9 Å². The molecule has 0 spiro atoms. The highest BCUT2D eigenvalue weighted by molar-refractivity contribution is 9.10. The lowest BCUT2D eigenvalue weighted by molar-refractivity contribution is 0.368. The molecule has 0 radical (unpaired) electrons. The van der Waals surface area contributed by atoms with E-state index in [0.29, 0.717) is 4.47 Å². The number of halogens is 2. The van der Waals surface area contributed by atoms with Gasteiger partial charge in [-0.1, -0.05) is 0 Å². The summed E-state index contributed by atoms with van der Waals surface area (Å²) in [5.41, 5.74) is 0.123. The number of nitriles is 1. The van der Waals surface area contributed by atoms with Gasteiger partial charge in [0, 0.05) is 0 Å². The van der Waals surface area contributed by atoms with Crippen LogP contribution >= 0.6 is 15.9 Å². The van der Waals surface area contributed by atoms with Crippen molar-refractivity contribution < 1.29 is 13.9 Å². The second-order valence-corrected chi connectivity index (χ2v) is 3.19. The van der Waals surface area contributed by atoms with Gasteiger partial charge >= 0.3 is 0 Å². The van der Waals surface area contributed by atoms with Gasteiger partial charge in [-0.15, -0.1) is 0 Å². The third-order valence-corrected chi connectivity index (χ3v) is 2.38. The highest BCUT2D eigenvalue weighted by atomic mass is 79.9. The van der Waals surface area contributed by atoms with Crippen LogP contribution in [0.2, 0.25) is 0 Å². The Kier molecular flexibility index (Phi) is 3.31. The maximum atomic E-state index is 13.3. The molecule has 74 valence electrons. The van der Waals surface area contributed by atoms with E-state index in [9.17, 15) is 4.39 Å². The Hall–Kier alpha value is -1.28. The summed E-state index contributed by atoms with van der Waals surface area (Å²) >= 11 is 3.10. The Labute approximate surface area is 89.2 Å². The standard InChI is InChI=1S/C9H7BrFNO2/c1-13-8-5(4-12)3-6(11)9(14-2)7(8)10/h3H,1-2H3. The van der Waals surface area contributed by atoms with Gasteiger partial charge in [0.05, 0.1) is 19.8 Å². The third kappa shape index (κ3) is 1.66. The van der Waals surface area contributed by atoms with Crippen LogP contribution in [0.25, 0.3) is 0 Å². The Morgan fingerprint density at radius 2 is 1.93 bits per heavy atom. The van der Waals surface area contributed by atoms with E-state index < -0.39 is 5.82 Å². The minimum Gasteiger partial charge on any atom is -0.494 e. The van der Waals surface area contributed by atoms with Crippen LogP contribution in [0.4, 0.5) is 4.39 Å². The molecule has 0 unspecified atom stereocenters. The molecule has 1 rings (SSSR count). The first kappa shape index (κ1) is 10.8. The fraction of sp³-hybridized carbons (Fsp3) is 0.222. The molecule has 0 saturated heterocycles. The number of ether oxygens (including phenoxy) is 2. The van der Waals surface area contributed by atoms with E-state index >= 15 is 0 Å². The molecule has 14 heavy (non-hydrogen) atoms. The summed E-state index contributed by atoms with van der Waals surface area (Å²) in [5, 5.41) is 8.70. The lowest BCUT2D eigenvalue weighted by Crippen LogP contribution is -1.96. The number of methoxy groups -OCH3 is 2. The van der Waals surface area contributed by atoms with Crippen LogP contribution in [-0.2, 0) is 0 Å². The van der Waals surface area contributed by atoms with Gasteiger partial charge in [-0.05, 0) is 22.0 Å². The molecular formula is C9H7BrFNO2. The van der Waals surface area contributed by atoms with Crippen LogP contribution in [-0.4, -0.2) is 14.2 Å². The topological polar surface area (TPSA) is 42.2 Å². The largest absolute Gasteiger partial charge is 0.494 e. The average molecular weight is 260 g/mol. The molecule has 1 aromatic carbocycles. The molecule has 0 saturated carbocycles. The molecule has 3 nitrogen and oxygen atoms in total. The van der Waals surface area contributed by atoms with Crippen LogP contribution in [0.5, 0.6) is 11.5 Å². The average Bonchev–Trinajstić information content (AvgIpc) is 2.17. The first-order valence-electron chi connectivity index (χ1n) is 3.65. The summed E-state index contributed by atoms with van der Waals surface area (Å²) in [7, 11) is 2.74. The highest BCUT2D eigenvalue weighted by Crippen LogP contribution is 2.38. The summed E-state index contributed by atoms with van der Waals surface area (Å²) < 4.78 is 23.3. The molecule has 1 aromatic rings. The predicted octanol–water partition coefficient (Wildman–Crippen LogP) is 2.48. The number of nitrogens with zero attached hydrogens (tertiary/aromatic N) is 1. The Bertz CT molecular complexity index is 401. The zero-order valence-corrected chi connectivity index (χ0v) is 9.18. The molecule has 0 aromatic heterocycles. The molecule has 0 aliphatic rings. The fourth-order valence-corrected chi connectivity index (χ4v) is 1.78. The van der Waals surface area contributed by atoms with Gasteiger partial charge < -0.3 is 9.47 Å². The van der Waals surface area contributed by atoms with Crippen molar-refractivity contribution in [2.24, 2.45) is 0 Å². The molecule has 0 amide bonds. The number of benzene rings is 1. The Balaban J connectivity index is 3.49. The Morgan fingerprint density at radius 3 is 2.36 bits per heavy atom. The predicted molar refractivity (Wildman–Crippen MR) is 51.9 cm³/mol. The molecule has 0 aliphatic heterocycles. The molecule has 5 heteroatoms. The minimum absolute atomic E-state index is 0.0286. The SMILES string of the molecule is COc1c(F)cc(C#N)c(OC)c1Br. The summed E-state index contributed by atoms with van der Waals surface area (Å²) in [5.74, 6) is -0.302. The molecule has 0 bridgehead atoms. The van der Waals surface area contributed by atoms with Gasteiger partial charge in [-0.25, -0.2) is 4.39 Å². The summed E-state index contributed by atoms with van der Waals surface area (Å²) in [4.78, 5) is 0. The monoisotopic (exact) mass is 259 g/mol. The summed E-state index contributed by atoms with van der Waals surface area (Å²) in [6, 6.07) is 2.90. The first-order chi connectivity index (χ1) is 6.65. The van der Waals surface area contributed by atoms with Crippen LogP contribution in [0.1, 0.15) is 5.56 Å². The smallest absolute Gasteiger partial charge is 0.172 e. The van der Waals surface area contributed by atoms with E-state index in [4.69, 9.17) is 14.7 Å². The third-order valence-electron chi connectivity index (χ3n) is 1.66. The molecular weight excluding hydrogens is 253 g/mol. The van der Waals surface area contributed by atoms with E-state index in [1.165, 1.54) is 14.2 Å². The number of hydrogen-bond donors (Lipinski definition) is 0. The first-order valence-corrected chi connectivity index (χ1v) is 4.45. The van der Waals surface area contributed by atoms with Crippen LogP contribution < -0.4 is 9.47 Å². The molecule has 0 heterocycles. The van der Waals surface area contributed by atoms with Crippen LogP contribution in [0.3, 0.4) is 0 Å². The fourth-order valence-electron chi connectivity index (χ4n) is 1.05. The van der Waals surface area contributed by atoms with Crippen molar-refractivity contribution in [1.82, 2.24) is 0 Å². The molecule has 0 aliphatic carbocycles. The normalized spacial score (nSPS) is 9.36. The van der Waals surface area contributed by atoms with Gasteiger partial charge in [0.1, 0.15) is 10.5 Å². The van der Waals surface area contributed by atoms with E-state index in [1.807, 2.05) is 6.07 Å². The van der Waals surface area contributed by atoms with Gasteiger partial charge in [-0.2, -0.15) is 5.26 Å². The van der Waals surface area contributed by atoms with E-state index in [2.05, 4.69) is 15.9 Å². The van der Waals surface area contributed by atoms with E-state index in [0.717, 1.165) is 6.07 Å². The summed E-state index contributed by atoms with van der Waals surface area (Å²) in [6.07, 6.45) is 0. The molecule has 0 fully saturated rings. The minimum atomic E-state index is -0.600. The van der Waals surface area contributed by atoms with Crippen molar-refractivity contribution in [3.8, 4) is 17.6 Å². The lowest BCUT2D eigenvalue weighted by Gasteiger charge is -2.10. The summed E-state index contributed by atoms with van der Waals surface area (Å²) in [6.45, 7) is 0. The van der Waals surface area contributed by atoms with Gasteiger partial charge in [0.25, 0.3) is 0 Å². The van der Waals surface area contributed by atoms with Crippen molar-refractivity contribution in [2.45, 2.75) is 0 Å². The van der Waals surface area contributed by atoms with Gasteiger partial charge in [0.15, 0.2) is 17.3 Å². The second kappa shape index (κ2) is 4.29. The maximum Gasteiger partial charge on any atom is 0.172 e. The van der Waals surface area contributed by atoms with Crippen LogP contribution in [0, 0.1) is 17.1 Å². The van der Waals surface area contributed by atoms with E-state index in [-0.39, 0.29) is 17.1 Å². The van der Waals surface area contributed by atoms with Crippen LogP contribution in [0.15, 0.2) is 10.5 Å². The van der Waals surface area contributed by atoms with Gasteiger partial charge in [0.2, 0.25) is 0 Å². The lowest BCUT2D eigenvalue weighted by atomic mass is 10.2. The zero-order chi connectivity index (χ0) is 10.7. The quantitative estimate of drug-likeness (QED) is 0.820. The maximum absolute atomic E-state index is 13.3. The van der Waals surface area contributed by atoms with Gasteiger partial charge in [-0.3, -0.25) is 0 Å².